The van der Waals surface area contributed by atoms with Gasteiger partial charge in [-0.2, -0.15) is 0 Å². The van der Waals surface area contributed by atoms with Crippen LogP contribution in [0.3, 0.4) is 0 Å². The molecule has 0 aliphatic carbocycles. The quantitative estimate of drug-likeness (QED) is 0.581. The predicted octanol–water partition coefficient (Wildman–Crippen LogP) is 1.66. The van der Waals surface area contributed by atoms with Crippen molar-refractivity contribution >= 4 is 12.0 Å². The van der Waals surface area contributed by atoms with Gasteiger partial charge in [-0.3, -0.25) is 4.79 Å². The lowest BCUT2D eigenvalue weighted by molar-refractivity contribution is -0.137. The maximum Gasteiger partial charge on any atom is 0.315 e. The number of aromatic amines is 1. The number of amides is 2. The molecule has 0 saturated carbocycles. The first kappa shape index (κ1) is 16.0. The highest BCUT2D eigenvalue weighted by atomic mass is 16.4. The van der Waals surface area contributed by atoms with E-state index < -0.39 is 5.97 Å². The Labute approximate surface area is 118 Å². The first-order valence-corrected chi connectivity index (χ1v) is 6.78. The molecule has 4 N–H and O–H groups in total. The summed E-state index contributed by atoms with van der Waals surface area (Å²) >= 11 is 0. The molecule has 7 heteroatoms. The fourth-order valence-corrected chi connectivity index (χ4v) is 1.78. The summed E-state index contributed by atoms with van der Waals surface area (Å²) in [5, 5.41) is 14.2. The van der Waals surface area contributed by atoms with Gasteiger partial charge in [0.2, 0.25) is 0 Å². The standard InChI is InChI=1S/C13H22N4O3/c1-3-10(12-14-6-7-15-12)17-13(20)16-8-9(2)4-5-11(18)19/h6-7,9-10H,3-5,8H2,1-2H3,(H,14,15)(H,18,19)(H2,16,17,20). The van der Waals surface area contributed by atoms with Gasteiger partial charge in [0.05, 0.1) is 6.04 Å². The van der Waals surface area contributed by atoms with Crippen LogP contribution in [-0.2, 0) is 4.79 Å². The second-order valence-electron chi connectivity index (χ2n) is 4.83. The topological polar surface area (TPSA) is 107 Å². The van der Waals surface area contributed by atoms with Crippen molar-refractivity contribution in [2.24, 2.45) is 5.92 Å². The number of aromatic nitrogens is 2. The van der Waals surface area contributed by atoms with Crippen LogP contribution in [0.2, 0.25) is 0 Å². The third-order valence-electron chi connectivity index (χ3n) is 3.03. The van der Waals surface area contributed by atoms with Gasteiger partial charge in [0.1, 0.15) is 5.82 Å². The molecular weight excluding hydrogens is 260 g/mol. The van der Waals surface area contributed by atoms with Gasteiger partial charge in [-0.15, -0.1) is 0 Å². The minimum atomic E-state index is -0.815. The van der Waals surface area contributed by atoms with Crippen LogP contribution in [0.4, 0.5) is 4.79 Å². The zero-order valence-electron chi connectivity index (χ0n) is 11.8. The molecule has 0 bridgehead atoms. The van der Waals surface area contributed by atoms with Gasteiger partial charge in [-0.25, -0.2) is 9.78 Å². The van der Waals surface area contributed by atoms with Crippen LogP contribution in [-0.4, -0.2) is 33.6 Å². The summed E-state index contributed by atoms with van der Waals surface area (Å²) in [5.41, 5.74) is 0. The van der Waals surface area contributed by atoms with Crippen molar-refractivity contribution in [2.45, 2.75) is 39.2 Å². The summed E-state index contributed by atoms with van der Waals surface area (Å²) in [7, 11) is 0. The average Bonchev–Trinajstić information content (AvgIpc) is 2.94. The first-order valence-electron chi connectivity index (χ1n) is 6.78. The second-order valence-corrected chi connectivity index (χ2v) is 4.83. The van der Waals surface area contributed by atoms with Crippen molar-refractivity contribution in [2.75, 3.05) is 6.54 Å². The van der Waals surface area contributed by atoms with Crippen molar-refractivity contribution in [3.05, 3.63) is 18.2 Å². The van der Waals surface area contributed by atoms with Gasteiger partial charge in [-0.1, -0.05) is 13.8 Å². The molecule has 112 valence electrons. The molecule has 0 aliphatic heterocycles. The fraction of sp³-hybridized carbons (Fsp3) is 0.615. The van der Waals surface area contributed by atoms with Crippen LogP contribution in [0, 0.1) is 5.92 Å². The summed E-state index contributed by atoms with van der Waals surface area (Å²) in [6, 6.07) is -0.422. The van der Waals surface area contributed by atoms with E-state index in [1.54, 1.807) is 12.4 Å². The van der Waals surface area contributed by atoms with Crippen molar-refractivity contribution in [1.82, 2.24) is 20.6 Å². The summed E-state index contributed by atoms with van der Waals surface area (Å²) in [5.74, 6) is 0.0345. The number of rotatable bonds is 8. The van der Waals surface area contributed by atoms with Crippen LogP contribution in [0.25, 0.3) is 0 Å². The van der Waals surface area contributed by atoms with Gasteiger partial charge in [0.15, 0.2) is 0 Å². The van der Waals surface area contributed by atoms with E-state index >= 15 is 0 Å². The van der Waals surface area contributed by atoms with E-state index in [9.17, 15) is 9.59 Å². The van der Waals surface area contributed by atoms with Crippen LogP contribution < -0.4 is 10.6 Å². The Kier molecular flexibility index (Phi) is 6.55. The monoisotopic (exact) mass is 282 g/mol. The molecule has 1 heterocycles. The van der Waals surface area contributed by atoms with Gasteiger partial charge < -0.3 is 20.7 Å². The number of urea groups is 1. The number of carbonyl (C=O) groups is 2. The number of aliphatic carboxylic acids is 1. The largest absolute Gasteiger partial charge is 0.481 e. The van der Waals surface area contributed by atoms with Crippen molar-refractivity contribution in [3.8, 4) is 0 Å². The van der Waals surface area contributed by atoms with Gasteiger partial charge in [0.25, 0.3) is 0 Å². The lowest BCUT2D eigenvalue weighted by Gasteiger charge is -2.17. The SMILES string of the molecule is CCC(NC(=O)NCC(C)CCC(=O)O)c1ncc[nH]1. The molecule has 2 amide bonds. The highest BCUT2D eigenvalue weighted by molar-refractivity contribution is 5.74. The van der Waals surface area contributed by atoms with Crippen LogP contribution >= 0.6 is 0 Å². The molecule has 0 aliphatic rings. The molecule has 1 aromatic heterocycles. The van der Waals surface area contributed by atoms with E-state index in [1.165, 1.54) is 0 Å². The maximum absolute atomic E-state index is 11.8. The number of carbonyl (C=O) groups excluding carboxylic acids is 1. The first-order chi connectivity index (χ1) is 9.52. The van der Waals surface area contributed by atoms with Gasteiger partial charge in [0, 0.05) is 25.4 Å². The van der Waals surface area contributed by atoms with E-state index in [2.05, 4.69) is 20.6 Å². The molecule has 1 rings (SSSR count). The lowest BCUT2D eigenvalue weighted by Crippen LogP contribution is -2.40. The third kappa shape index (κ3) is 5.73. The highest BCUT2D eigenvalue weighted by Crippen LogP contribution is 2.10. The Bertz CT molecular complexity index is 419. The number of carboxylic acids is 1. The van der Waals surface area contributed by atoms with E-state index in [0.29, 0.717) is 13.0 Å². The third-order valence-corrected chi connectivity index (χ3v) is 3.03. The second kappa shape index (κ2) is 8.19. The zero-order chi connectivity index (χ0) is 15.0. The summed E-state index contributed by atoms with van der Waals surface area (Å²) in [6.07, 6.45) is 4.76. The Balaban J connectivity index is 2.30. The zero-order valence-corrected chi connectivity index (χ0v) is 11.8. The Morgan fingerprint density at radius 1 is 1.50 bits per heavy atom. The number of carboxylic acid groups (broad SMARTS) is 1. The molecular formula is C13H22N4O3. The average molecular weight is 282 g/mol. The normalized spacial score (nSPS) is 13.5. The summed E-state index contributed by atoms with van der Waals surface area (Å²) in [4.78, 5) is 29.3. The number of hydrogen-bond acceptors (Lipinski definition) is 3. The molecule has 0 saturated heterocycles. The van der Waals surface area contributed by atoms with Gasteiger partial charge >= 0.3 is 12.0 Å². The molecule has 1 aromatic rings. The molecule has 7 nitrogen and oxygen atoms in total. The minimum Gasteiger partial charge on any atom is -0.481 e. The van der Waals surface area contributed by atoms with E-state index in [4.69, 9.17) is 5.11 Å². The number of H-pyrrole nitrogens is 1. The summed E-state index contributed by atoms with van der Waals surface area (Å²) < 4.78 is 0. The van der Waals surface area contributed by atoms with E-state index in [1.807, 2.05) is 13.8 Å². The van der Waals surface area contributed by atoms with Crippen molar-refractivity contribution < 1.29 is 14.7 Å². The molecule has 0 radical (unpaired) electrons. The predicted molar refractivity (Wildman–Crippen MR) is 74.2 cm³/mol. The molecule has 20 heavy (non-hydrogen) atoms. The molecule has 0 fully saturated rings. The van der Waals surface area contributed by atoms with E-state index in [-0.39, 0.29) is 24.4 Å². The smallest absolute Gasteiger partial charge is 0.315 e. The number of nitrogens with zero attached hydrogens (tertiary/aromatic N) is 1. The minimum absolute atomic E-state index is 0.119. The molecule has 0 spiro atoms. The molecule has 2 unspecified atom stereocenters. The Morgan fingerprint density at radius 3 is 2.80 bits per heavy atom. The number of hydrogen-bond donors (Lipinski definition) is 4. The van der Waals surface area contributed by atoms with Crippen molar-refractivity contribution in [1.29, 1.82) is 0 Å². The lowest BCUT2D eigenvalue weighted by atomic mass is 10.1. The van der Waals surface area contributed by atoms with Crippen LogP contribution in [0.1, 0.15) is 45.0 Å². The molecule has 0 aromatic carbocycles. The van der Waals surface area contributed by atoms with Crippen LogP contribution in [0.15, 0.2) is 12.4 Å². The van der Waals surface area contributed by atoms with E-state index in [0.717, 1.165) is 12.2 Å². The molecule has 2 atom stereocenters. The van der Waals surface area contributed by atoms with Gasteiger partial charge in [-0.05, 0) is 18.8 Å². The highest BCUT2D eigenvalue weighted by Gasteiger charge is 2.15. The number of nitrogens with one attached hydrogen (secondary N) is 3. The Hall–Kier alpha value is -2.05. The number of imidazole rings is 1. The maximum atomic E-state index is 11.8. The summed E-state index contributed by atoms with van der Waals surface area (Å²) in [6.45, 7) is 4.32. The van der Waals surface area contributed by atoms with Crippen molar-refractivity contribution in [3.63, 3.8) is 0 Å². The Morgan fingerprint density at radius 2 is 2.25 bits per heavy atom. The van der Waals surface area contributed by atoms with Crippen LogP contribution in [0.5, 0.6) is 0 Å². The fourth-order valence-electron chi connectivity index (χ4n) is 1.78.